The number of hydrogen-bond donors (Lipinski definition) is 1. The molecular weight excluding hydrogens is 600 g/mol. The van der Waals surface area contributed by atoms with Gasteiger partial charge in [0.1, 0.15) is 12.2 Å². The molecule has 8 rings (SSSR count). The van der Waals surface area contributed by atoms with E-state index in [0.717, 1.165) is 33.8 Å². The number of imide groups is 2. The van der Waals surface area contributed by atoms with Crippen molar-refractivity contribution in [2.45, 2.75) is 57.0 Å². The molecule has 236 valence electrons. The first kappa shape index (κ1) is 30.3. The van der Waals surface area contributed by atoms with Crippen molar-refractivity contribution in [3.63, 3.8) is 0 Å². The van der Waals surface area contributed by atoms with E-state index in [4.69, 9.17) is 21.1 Å². The highest BCUT2D eigenvalue weighted by Gasteiger charge is 2.51. The number of rotatable bonds is 9. The third-order valence-electron chi connectivity index (χ3n) is 10.2. The van der Waals surface area contributed by atoms with Gasteiger partial charge in [0.15, 0.2) is 11.5 Å². The highest BCUT2D eigenvalue weighted by atomic mass is 35.5. The molecule has 1 heterocycles. The summed E-state index contributed by atoms with van der Waals surface area (Å²) in [7, 11) is 1.53. The molecule has 0 radical (unpaired) electrons. The van der Waals surface area contributed by atoms with Crippen molar-refractivity contribution in [2.75, 3.05) is 12.0 Å². The zero-order valence-electron chi connectivity index (χ0n) is 25.9. The van der Waals surface area contributed by atoms with E-state index in [2.05, 4.69) is 24.0 Å². The van der Waals surface area contributed by atoms with Crippen LogP contribution in [0.15, 0.2) is 78.9 Å². The number of amides is 4. The van der Waals surface area contributed by atoms with E-state index < -0.39 is 17.8 Å². The lowest BCUT2D eigenvalue weighted by Crippen LogP contribution is -2.54. The molecule has 5 aliphatic rings. The lowest BCUT2D eigenvalue weighted by atomic mass is 9.48. The summed E-state index contributed by atoms with van der Waals surface area (Å²) in [5.41, 5.74) is 4.05. The molecule has 3 aromatic rings. The van der Waals surface area contributed by atoms with Gasteiger partial charge in [-0.15, -0.1) is 6.58 Å². The summed E-state index contributed by atoms with van der Waals surface area (Å²) in [5, 5.41) is 2.99. The molecule has 3 aromatic carbocycles. The molecule has 8 heteroatoms. The van der Waals surface area contributed by atoms with Crippen molar-refractivity contribution in [1.82, 2.24) is 5.32 Å². The number of allylic oxidation sites excluding steroid dienone is 1. The minimum absolute atomic E-state index is 0.147. The van der Waals surface area contributed by atoms with Gasteiger partial charge in [-0.25, -0.2) is 9.69 Å². The van der Waals surface area contributed by atoms with E-state index in [1.807, 2.05) is 30.3 Å². The number of halogens is 1. The fourth-order valence-electron chi connectivity index (χ4n) is 8.61. The summed E-state index contributed by atoms with van der Waals surface area (Å²) in [6.45, 7) is 4.16. The Labute approximate surface area is 274 Å². The molecule has 0 atom stereocenters. The van der Waals surface area contributed by atoms with Gasteiger partial charge in [-0.3, -0.25) is 14.9 Å². The predicted octanol–water partition coefficient (Wildman–Crippen LogP) is 7.79. The maximum atomic E-state index is 13.8. The molecule has 1 saturated heterocycles. The summed E-state index contributed by atoms with van der Waals surface area (Å²) in [6.07, 6.45) is 11.5. The first-order valence-electron chi connectivity index (χ1n) is 16.0. The summed E-state index contributed by atoms with van der Waals surface area (Å²) in [6, 6.07) is 18.0. The van der Waals surface area contributed by atoms with Crippen molar-refractivity contribution < 1.29 is 23.9 Å². The van der Waals surface area contributed by atoms with Gasteiger partial charge in [-0.2, -0.15) is 0 Å². The van der Waals surface area contributed by atoms with Crippen LogP contribution < -0.4 is 19.7 Å². The minimum Gasteiger partial charge on any atom is -0.493 e. The minimum atomic E-state index is -0.759. The Morgan fingerprint density at radius 2 is 1.61 bits per heavy atom. The van der Waals surface area contributed by atoms with Gasteiger partial charge in [0, 0.05) is 10.6 Å². The smallest absolute Gasteiger partial charge is 0.335 e. The summed E-state index contributed by atoms with van der Waals surface area (Å²) in [5.74, 6) is 2.00. The number of anilines is 1. The van der Waals surface area contributed by atoms with Gasteiger partial charge in [-0.1, -0.05) is 41.9 Å². The lowest BCUT2D eigenvalue weighted by Gasteiger charge is -2.57. The second kappa shape index (κ2) is 12.1. The molecule has 1 N–H and O–H groups in total. The maximum absolute atomic E-state index is 13.8. The number of carbonyl (C=O) groups excluding carboxylic acids is 3. The van der Waals surface area contributed by atoms with Crippen LogP contribution in [0.25, 0.3) is 6.08 Å². The largest absolute Gasteiger partial charge is 0.493 e. The van der Waals surface area contributed by atoms with E-state index in [-0.39, 0.29) is 17.6 Å². The van der Waals surface area contributed by atoms with Crippen molar-refractivity contribution in [3.8, 4) is 11.5 Å². The molecule has 4 bridgehead atoms. The zero-order chi connectivity index (χ0) is 32.0. The van der Waals surface area contributed by atoms with E-state index >= 15 is 0 Å². The van der Waals surface area contributed by atoms with Crippen LogP contribution in [0, 0.1) is 17.8 Å². The first-order valence-corrected chi connectivity index (χ1v) is 16.3. The number of benzene rings is 3. The van der Waals surface area contributed by atoms with Crippen LogP contribution in [-0.2, 0) is 28.0 Å². The van der Waals surface area contributed by atoms with Crippen LogP contribution >= 0.6 is 11.6 Å². The number of nitrogens with zero attached hydrogens (tertiary/aromatic N) is 1. The fraction of sp³-hybridized carbons (Fsp3) is 0.342. The number of hydrogen-bond acceptors (Lipinski definition) is 5. The second-order valence-corrected chi connectivity index (χ2v) is 13.8. The van der Waals surface area contributed by atoms with Crippen molar-refractivity contribution in [2.24, 2.45) is 17.8 Å². The predicted molar refractivity (Wildman–Crippen MR) is 178 cm³/mol. The SMILES string of the molecule is C=CCc1cc(/C=C2\C(=O)NC(=O)N(c3ccc(C45CC6CC(CC(C6)C4)C5)cc3)C2=O)cc(OC)c1OCc1ccc(Cl)cc1. The maximum Gasteiger partial charge on any atom is 0.335 e. The third-order valence-corrected chi connectivity index (χ3v) is 10.5. The number of nitrogens with one attached hydrogen (secondary N) is 1. The number of carbonyl (C=O) groups is 3. The fourth-order valence-corrected chi connectivity index (χ4v) is 8.74. The van der Waals surface area contributed by atoms with E-state index in [9.17, 15) is 14.4 Å². The van der Waals surface area contributed by atoms with Crippen LogP contribution in [-0.4, -0.2) is 25.0 Å². The van der Waals surface area contributed by atoms with Gasteiger partial charge in [-0.05, 0) is 127 Å². The van der Waals surface area contributed by atoms with Crippen molar-refractivity contribution in [3.05, 3.63) is 106 Å². The molecule has 7 nitrogen and oxygen atoms in total. The highest BCUT2D eigenvalue weighted by Crippen LogP contribution is 2.60. The van der Waals surface area contributed by atoms with Crippen LogP contribution in [0.5, 0.6) is 11.5 Å². The van der Waals surface area contributed by atoms with E-state index in [1.54, 1.807) is 24.3 Å². The number of barbiturate groups is 1. The highest BCUT2D eigenvalue weighted by molar-refractivity contribution is 6.39. The Kier molecular flexibility index (Phi) is 7.97. The van der Waals surface area contributed by atoms with Crippen LogP contribution in [0.2, 0.25) is 5.02 Å². The molecule has 46 heavy (non-hydrogen) atoms. The first-order chi connectivity index (χ1) is 22.2. The molecule has 1 aliphatic heterocycles. The van der Waals surface area contributed by atoms with Gasteiger partial charge < -0.3 is 9.47 Å². The zero-order valence-corrected chi connectivity index (χ0v) is 26.6. The molecule has 4 aliphatic carbocycles. The van der Waals surface area contributed by atoms with E-state index in [0.29, 0.717) is 34.2 Å². The summed E-state index contributed by atoms with van der Waals surface area (Å²) < 4.78 is 11.8. The number of urea groups is 1. The van der Waals surface area contributed by atoms with Crippen molar-refractivity contribution >= 4 is 41.2 Å². The van der Waals surface area contributed by atoms with Gasteiger partial charge in [0.05, 0.1) is 12.8 Å². The molecule has 0 aromatic heterocycles. The average Bonchev–Trinajstić information content (AvgIpc) is 3.03. The Morgan fingerprint density at radius 3 is 2.22 bits per heavy atom. The Balaban J connectivity index is 1.15. The average molecular weight is 637 g/mol. The standard InChI is InChI=1S/C38H37ClN2O5/c1-3-4-28-16-24(18-33(45-2)34(28)46-22-23-5-9-30(39)10-6-23)17-32-35(42)40-37(44)41(36(32)43)31-11-7-29(8-12-31)38-19-25-13-26(20-38)15-27(14-25)21-38/h3,5-12,16-18,25-27H,1,4,13-15,19-22H2,2H3,(H,40,42,44)/b32-17+. The topological polar surface area (TPSA) is 84.9 Å². The van der Waals surface area contributed by atoms with Crippen LogP contribution in [0.3, 0.4) is 0 Å². The van der Waals surface area contributed by atoms with Gasteiger partial charge in [0.2, 0.25) is 0 Å². The quantitative estimate of drug-likeness (QED) is 0.147. The molecule has 4 amide bonds. The monoisotopic (exact) mass is 636 g/mol. The molecular formula is C38H37ClN2O5. The molecule has 5 fully saturated rings. The Bertz CT molecular complexity index is 1710. The third kappa shape index (κ3) is 5.62. The Morgan fingerprint density at radius 1 is 0.957 bits per heavy atom. The Hall–Kier alpha value is -4.36. The molecule has 0 unspecified atom stereocenters. The van der Waals surface area contributed by atoms with Crippen molar-refractivity contribution in [1.29, 1.82) is 0 Å². The normalized spacial score (nSPS) is 26.0. The van der Waals surface area contributed by atoms with Gasteiger partial charge >= 0.3 is 6.03 Å². The molecule has 0 spiro atoms. The molecule has 4 saturated carbocycles. The summed E-state index contributed by atoms with van der Waals surface area (Å²) in [4.78, 5) is 40.8. The van der Waals surface area contributed by atoms with Crippen LogP contribution in [0.4, 0.5) is 10.5 Å². The second-order valence-electron chi connectivity index (χ2n) is 13.3. The van der Waals surface area contributed by atoms with Gasteiger partial charge in [0.25, 0.3) is 11.8 Å². The number of ether oxygens (including phenoxy) is 2. The number of methoxy groups -OCH3 is 1. The summed E-state index contributed by atoms with van der Waals surface area (Å²) >= 11 is 6.02. The lowest BCUT2D eigenvalue weighted by molar-refractivity contribution is -0.122. The van der Waals surface area contributed by atoms with Crippen LogP contribution in [0.1, 0.15) is 60.8 Å². The van der Waals surface area contributed by atoms with E-state index in [1.165, 1.54) is 57.3 Å².